The molecule has 2 aromatic carbocycles. The van der Waals surface area contributed by atoms with E-state index in [4.69, 9.17) is 10.5 Å². The fourth-order valence-corrected chi connectivity index (χ4v) is 2.30. The van der Waals surface area contributed by atoms with Crippen LogP contribution in [-0.4, -0.2) is 6.04 Å². The van der Waals surface area contributed by atoms with Gasteiger partial charge in [-0.3, -0.25) is 0 Å². The van der Waals surface area contributed by atoms with Crippen molar-refractivity contribution >= 4 is 0 Å². The fourth-order valence-electron chi connectivity index (χ4n) is 2.30. The van der Waals surface area contributed by atoms with Gasteiger partial charge in [0, 0.05) is 17.5 Å². The normalized spacial score (nSPS) is 20.8. The van der Waals surface area contributed by atoms with Crippen molar-refractivity contribution in [3.05, 3.63) is 65.2 Å². The first-order chi connectivity index (χ1) is 9.66. The Labute approximate surface area is 116 Å². The average Bonchev–Trinajstić information content (AvgIpc) is 3.18. The maximum absolute atomic E-state index is 13.9. The quantitative estimate of drug-likeness (QED) is 0.928. The van der Waals surface area contributed by atoms with E-state index in [0.717, 1.165) is 11.6 Å². The van der Waals surface area contributed by atoms with Gasteiger partial charge >= 0.3 is 0 Å². The Kier molecular flexibility index (Phi) is 3.40. The van der Waals surface area contributed by atoms with E-state index in [9.17, 15) is 8.78 Å². The van der Waals surface area contributed by atoms with Crippen LogP contribution < -0.4 is 10.5 Å². The molecule has 2 atom stereocenters. The molecule has 0 heterocycles. The molecule has 1 saturated carbocycles. The van der Waals surface area contributed by atoms with Crippen molar-refractivity contribution in [3.8, 4) is 5.75 Å². The minimum atomic E-state index is -0.855. The Morgan fingerprint density at radius 1 is 1.10 bits per heavy atom. The van der Waals surface area contributed by atoms with Crippen molar-refractivity contribution in [2.45, 2.75) is 25.0 Å². The van der Waals surface area contributed by atoms with Crippen LogP contribution in [0.5, 0.6) is 5.75 Å². The van der Waals surface area contributed by atoms with E-state index < -0.39 is 11.6 Å². The highest BCUT2D eigenvalue weighted by atomic mass is 19.2. The van der Waals surface area contributed by atoms with E-state index in [1.165, 1.54) is 6.07 Å². The molecule has 0 saturated heterocycles. The lowest BCUT2D eigenvalue weighted by Gasteiger charge is -2.12. The third kappa shape index (κ3) is 2.51. The predicted octanol–water partition coefficient (Wildman–Crippen LogP) is 3.36. The van der Waals surface area contributed by atoms with Gasteiger partial charge in [0.1, 0.15) is 12.4 Å². The van der Waals surface area contributed by atoms with Gasteiger partial charge < -0.3 is 10.5 Å². The molecule has 1 aliphatic carbocycles. The summed E-state index contributed by atoms with van der Waals surface area (Å²) in [6.07, 6.45) is 0.669. The topological polar surface area (TPSA) is 35.2 Å². The summed E-state index contributed by atoms with van der Waals surface area (Å²) in [6, 6.07) is 12.0. The molecule has 0 amide bonds. The van der Waals surface area contributed by atoms with Gasteiger partial charge in [-0.05, 0) is 24.1 Å². The highest BCUT2D eigenvalue weighted by molar-refractivity contribution is 5.42. The van der Waals surface area contributed by atoms with Gasteiger partial charge in [-0.1, -0.05) is 30.3 Å². The first-order valence-electron chi connectivity index (χ1n) is 6.57. The minimum absolute atomic E-state index is 0.106. The first kappa shape index (κ1) is 13.1. The number of nitrogens with two attached hydrogens (primary N) is 1. The van der Waals surface area contributed by atoms with Gasteiger partial charge in [0.2, 0.25) is 0 Å². The van der Waals surface area contributed by atoms with Crippen LogP contribution in [0.1, 0.15) is 23.5 Å². The van der Waals surface area contributed by atoms with Crippen LogP contribution in [0.3, 0.4) is 0 Å². The summed E-state index contributed by atoms with van der Waals surface area (Å²) in [7, 11) is 0. The molecule has 1 aliphatic rings. The number of hydrogen-bond donors (Lipinski definition) is 1. The average molecular weight is 275 g/mol. The summed E-state index contributed by atoms with van der Waals surface area (Å²) < 4.78 is 33.0. The van der Waals surface area contributed by atoms with Crippen LogP contribution in [0.4, 0.5) is 8.78 Å². The molecule has 3 rings (SSSR count). The first-order valence-corrected chi connectivity index (χ1v) is 6.57. The summed E-state index contributed by atoms with van der Waals surface area (Å²) in [6.45, 7) is 0.320. The molecule has 0 unspecified atom stereocenters. The van der Waals surface area contributed by atoms with Crippen LogP contribution in [-0.2, 0) is 6.61 Å². The molecule has 104 valence electrons. The standard InChI is InChI=1S/C16H15F2NO/c17-12-6-7-14(15(16(12)18)11-8-13(11)19)20-9-10-4-2-1-3-5-10/h1-7,11,13H,8-9,19H2/t11-,13+/m0/s1. The number of benzene rings is 2. The summed E-state index contributed by atoms with van der Waals surface area (Å²) in [5.74, 6) is -1.46. The lowest BCUT2D eigenvalue weighted by molar-refractivity contribution is 0.299. The second-order valence-electron chi connectivity index (χ2n) is 5.05. The zero-order valence-electron chi connectivity index (χ0n) is 10.9. The molecule has 20 heavy (non-hydrogen) atoms. The maximum atomic E-state index is 13.9. The molecular formula is C16H15F2NO. The highest BCUT2D eigenvalue weighted by Gasteiger charge is 2.40. The summed E-state index contributed by atoms with van der Waals surface area (Å²) in [5, 5.41) is 0. The van der Waals surface area contributed by atoms with Crippen LogP contribution in [0.2, 0.25) is 0 Å². The van der Waals surface area contributed by atoms with Crippen molar-refractivity contribution in [3.63, 3.8) is 0 Å². The van der Waals surface area contributed by atoms with Crippen LogP contribution >= 0.6 is 0 Å². The molecule has 4 heteroatoms. The van der Waals surface area contributed by atoms with Crippen molar-refractivity contribution in [2.24, 2.45) is 5.73 Å². The van der Waals surface area contributed by atoms with Crippen LogP contribution in [0.25, 0.3) is 0 Å². The smallest absolute Gasteiger partial charge is 0.166 e. The van der Waals surface area contributed by atoms with E-state index in [-0.39, 0.29) is 17.5 Å². The Bertz CT molecular complexity index is 615. The van der Waals surface area contributed by atoms with E-state index in [2.05, 4.69) is 0 Å². The predicted molar refractivity (Wildman–Crippen MR) is 72.5 cm³/mol. The van der Waals surface area contributed by atoms with E-state index in [1.807, 2.05) is 30.3 Å². The molecular weight excluding hydrogens is 260 g/mol. The van der Waals surface area contributed by atoms with E-state index in [1.54, 1.807) is 0 Å². The van der Waals surface area contributed by atoms with Gasteiger partial charge in [0.15, 0.2) is 11.6 Å². The lowest BCUT2D eigenvalue weighted by atomic mass is 10.1. The second kappa shape index (κ2) is 5.21. The van der Waals surface area contributed by atoms with Crippen LogP contribution in [0, 0.1) is 11.6 Å². The van der Waals surface area contributed by atoms with E-state index >= 15 is 0 Å². The Hall–Kier alpha value is -1.94. The molecule has 2 N–H and O–H groups in total. The molecule has 1 fully saturated rings. The zero-order valence-corrected chi connectivity index (χ0v) is 10.9. The molecule has 0 spiro atoms. The third-order valence-electron chi connectivity index (χ3n) is 3.54. The Balaban J connectivity index is 1.84. The van der Waals surface area contributed by atoms with Gasteiger partial charge in [-0.25, -0.2) is 8.78 Å². The lowest BCUT2D eigenvalue weighted by Crippen LogP contribution is -2.06. The Morgan fingerprint density at radius 3 is 2.45 bits per heavy atom. The molecule has 2 aromatic rings. The van der Waals surface area contributed by atoms with Gasteiger partial charge in [0.05, 0.1) is 0 Å². The molecule has 2 nitrogen and oxygen atoms in total. The minimum Gasteiger partial charge on any atom is -0.489 e. The third-order valence-corrected chi connectivity index (χ3v) is 3.54. The molecule has 0 aliphatic heterocycles. The number of rotatable bonds is 4. The van der Waals surface area contributed by atoms with E-state index in [0.29, 0.717) is 18.8 Å². The number of halogens is 2. The van der Waals surface area contributed by atoms with Gasteiger partial charge in [0.25, 0.3) is 0 Å². The maximum Gasteiger partial charge on any atom is 0.166 e. The monoisotopic (exact) mass is 275 g/mol. The fraction of sp³-hybridized carbons (Fsp3) is 0.250. The molecule has 0 radical (unpaired) electrons. The van der Waals surface area contributed by atoms with Crippen LogP contribution in [0.15, 0.2) is 42.5 Å². The molecule has 0 bridgehead atoms. The Morgan fingerprint density at radius 2 is 1.80 bits per heavy atom. The SMILES string of the molecule is N[C@@H]1C[C@@H]1c1c(OCc2ccccc2)ccc(F)c1F. The van der Waals surface area contributed by atoms with Crippen molar-refractivity contribution < 1.29 is 13.5 Å². The summed E-state index contributed by atoms with van der Waals surface area (Å²) in [4.78, 5) is 0. The van der Waals surface area contributed by atoms with Gasteiger partial charge in [-0.15, -0.1) is 0 Å². The van der Waals surface area contributed by atoms with Crippen molar-refractivity contribution in [2.75, 3.05) is 0 Å². The number of ether oxygens (including phenoxy) is 1. The summed E-state index contributed by atoms with van der Waals surface area (Å²) >= 11 is 0. The zero-order chi connectivity index (χ0) is 14.1. The van der Waals surface area contributed by atoms with Gasteiger partial charge in [-0.2, -0.15) is 0 Å². The van der Waals surface area contributed by atoms with Crippen molar-refractivity contribution in [1.29, 1.82) is 0 Å². The number of hydrogen-bond acceptors (Lipinski definition) is 2. The second-order valence-corrected chi connectivity index (χ2v) is 5.05. The van der Waals surface area contributed by atoms with Crippen molar-refractivity contribution in [1.82, 2.24) is 0 Å². The summed E-state index contributed by atoms with van der Waals surface area (Å²) in [5.41, 5.74) is 7.00. The largest absolute Gasteiger partial charge is 0.489 e. The highest BCUT2D eigenvalue weighted by Crippen LogP contribution is 2.45. The molecule has 0 aromatic heterocycles.